The summed E-state index contributed by atoms with van der Waals surface area (Å²) in [7, 11) is 0. The Hall–Kier alpha value is -2.51. The first-order valence-electron chi connectivity index (χ1n) is 9.24. The zero-order chi connectivity index (χ0) is 19.1. The molecule has 0 unspecified atom stereocenters. The van der Waals surface area contributed by atoms with Crippen LogP contribution in [0.1, 0.15) is 36.2 Å². The number of hydrogen-bond donors (Lipinski definition) is 2. The predicted molar refractivity (Wildman–Crippen MR) is 102 cm³/mol. The molecule has 0 spiro atoms. The Morgan fingerprint density at radius 3 is 2.70 bits per heavy atom. The highest BCUT2D eigenvalue weighted by Gasteiger charge is 2.28. The Morgan fingerprint density at radius 2 is 2.00 bits per heavy atom. The minimum absolute atomic E-state index is 0.108. The van der Waals surface area contributed by atoms with Gasteiger partial charge in [-0.25, -0.2) is 9.97 Å². The third-order valence-corrected chi connectivity index (χ3v) is 4.26. The Balaban J connectivity index is 1.57. The Kier molecular flexibility index (Phi) is 6.73. The average Bonchev–Trinajstić information content (AvgIpc) is 2.68. The summed E-state index contributed by atoms with van der Waals surface area (Å²) >= 11 is 0. The van der Waals surface area contributed by atoms with Gasteiger partial charge >= 0.3 is 0 Å². The summed E-state index contributed by atoms with van der Waals surface area (Å²) in [6.07, 6.45) is 3.59. The molecule has 27 heavy (non-hydrogen) atoms. The maximum absolute atomic E-state index is 12.6. The fraction of sp³-hybridized carbons (Fsp3) is 0.450. The summed E-state index contributed by atoms with van der Waals surface area (Å²) in [6.45, 7) is 5.56. The first-order valence-corrected chi connectivity index (χ1v) is 9.24. The van der Waals surface area contributed by atoms with Crippen LogP contribution in [0.4, 0.5) is 5.95 Å². The number of carbonyl (C=O) groups is 1. The molecule has 1 saturated heterocycles. The van der Waals surface area contributed by atoms with E-state index in [-0.39, 0.29) is 24.1 Å². The highest BCUT2D eigenvalue weighted by atomic mass is 16.5. The summed E-state index contributed by atoms with van der Waals surface area (Å²) < 4.78 is 11.5. The van der Waals surface area contributed by atoms with Crippen molar-refractivity contribution in [3.8, 4) is 0 Å². The zero-order valence-electron chi connectivity index (χ0n) is 15.7. The molecule has 1 aliphatic heterocycles. The van der Waals surface area contributed by atoms with Gasteiger partial charge in [0.15, 0.2) is 0 Å². The number of nitrogens with one attached hydrogen (secondary N) is 2. The van der Waals surface area contributed by atoms with E-state index in [4.69, 9.17) is 9.47 Å². The highest BCUT2D eigenvalue weighted by molar-refractivity contribution is 5.93. The summed E-state index contributed by atoms with van der Waals surface area (Å²) in [5.74, 6) is 0.308. The fourth-order valence-electron chi connectivity index (χ4n) is 2.85. The van der Waals surface area contributed by atoms with Gasteiger partial charge in [-0.05, 0) is 25.8 Å². The van der Waals surface area contributed by atoms with Crippen molar-refractivity contribution in [2.45, 2.75) is 45.1 Å². The minimum Gasteiger partial charge on any atom is -0.379 e. The van der Waals surface area contributed by atoms with E-state index in [9.17, 15) is 4.79 Å². The van der Waals surface area contributed by atoms with Crippen molar-refractivity contribution in [3.05, 3.63) is 53.9 Å². The number of benzene rings is 1. The summed E-state index contributed by atoms with van der Waals surface area (Å²) in [5, 5.41) is 6.14. The maximum atomic E-state index is 12.6. The van der Waals surface area contributed by atoms with Crippen LogP contribution in [0.25, 0.3) is 0 Å². The zero-order valence-corrected chi connectivity index (χ0v) is 15.7. The molecule has 1 aromatic carbocycles. The van der Waals surface area contributed by atoms with Crippen molar-refractivity contribution in [3.63, 3.8) is 0 Å². The molecule has 2 atom stereocenters. The lowest BCUT2D eigenvalue weighted by atomic mass is 10.1. The Labute approximate surface area is 159 Å². The molecule has 1 amide bonds. The smallest absolute Gasteiger partial charge is 0.254 e. The van der Waals surface area contributed by atoms with Gasteiger partial charge in [-0.15, -0.1) is 0 Å². The lowest BCUT2D eigenvalue weighted by Gasteiger charge is -2.32. The molecule has 0 bridgehead atoms. The molecule has 7 nitrogen and oxygen atoms in total. The predicted octanol–water partition coefficient (Wildman–Crippen LogP) is 2.40. The summed E-state index contributed by atoms with van der Waals surface area (Å²) in [5.41, 5.74) is 1.52. The van der Waals surface area contributed by atoms with Gasteiger partial charge in [0.1, 0.15) is 6.10 Å². The van der Waals surface area contributed by atoms with Crippen LogP contribution in [0.15, 0.2) is 42.7 Å². The summed E-state index contributed by atoms with van der Waals surface area (Å²) in [6, 6.07) is 10.1. The van der Waals surface area contributed by atoms with Gasteiger partial charge in [-0.1, -0.05) is 30.3 Å². The number of carbonyl (C=O) groups excluding carboxylic acids is 1. The minimum atomic E-state index is -0.202. The van der Waals surface area contributed by atoms with Crippen molar-refractivity contribution in [2.24, 2.45) is 0 Å². The molecule has 1 aromatic heterocycles. The Bertz CT molecular complexity index is 722. The SMILES string of the molecule is CC(C)Nc1ncc(C(=O)N[C@@H]2CCOC[C@H]2OCc2ccccc2)cn1. The molecule has 1 fully saturated rings. The quantitative estimate of drug-likeness (QED) is 0.778. The second kappa shape index (κ2) is 9.43. The molecule has 0 aliphatic carbocycles. The third kappa shape index (κ3) is 5.74. The van der Waals surface area contributed by atoms with Gasteiger partial charge < -0.3 is 20.1 Å². The van der Waals surface area contributed by atoms with Crippen LogP contribution in [0, 0.1) is 0 Å². The molecule has 2 aromatic rings. The molecule has 1 aliphatic rings. The van der Waals surface area contributed by atoms with Crippen molar-refractivity contribution < 1.29 is 14.3 Å². The topological polar surface area (TPSA) is 85.4 Å². The molecule has 2 N–H and O–H groups in total. The van der Waals surface area contributed by atoms with Crippen LogP contribution in [0.2, 0.25) is 0 Å². The van der Waals surface area contributed by atoms with Crippen LogP contribution in [-0.2, 0) is 16.1 Å². The van der Waals surface area contributed by atoms with Crippen molar-refractivity contribution in [1.29, 1.82) is 0 Å². The highest BCUT2D eigenvalue weighted by Crippen LogP contribution is 2.15. The molecular formula is C20H26N4O3. The van der Waals surface area contributed by atoms with Gasteiger partial charge in [-0.2, -0.15) is 0 Å². The number of nitrogens with zero attached hydrogens (tertiary/aromatic N) is 2. The standard InChI is InChI=1S/C20H26N4O3/c1-14(2)23-20-21-10-16(11-22-20)19(25)24-17-8-9-26-13-18(17)27-12-15-6-4-3-5-7-15/h3-7,10-11,14,17-18H,8-9,12-13H2,1-2H3,(H,24,25)(H,21,22,23)/t17-,18-/m1/s1. The van der Waals surface area contributed by atoms with Crippen molar-refractivity contribution >= 4 is 11.9 Å². The molecule has 144 valence electrons. The molecule has 0 radical (unpaired) electrons. The van der Waals surface area contributed by atoms with Crippen LogP contribution >= 0.6 is 0 Å². The Morgan fingerprint density at radius 1 is 1.26 bits per heavy atom. The number of aromatic nitrogens is 2. The molecule has 7 heteroatoms. The molecule has 0 saturated carbocycles. The van der Waals surface area contributed by atoms with Crippen LogP contribution < -0.4 is 10.6 Å². The number of anilines is 1. The first kappa shape index (κ1) is 19.3. The van der Waals surface area contributed by atoms with E-state index in [1.807, 2.05) is 44.2 Å². The third-order valence-electron chi connectivity index (χ3n) is 4.26. The van der Waals surface area contributed by atoms with Gasteiger partial charge in [0.25, 0.3) is 5.91 Å². The van der Waals surface area contributed by atoms with Gasteiger partial charge in [0.05, 0.1) is 24.8 Å². The maximum Gasteiger partial charge on any atom is 0.254 e. The molecular weight excluding hydrogens is 344 g/mol. The van der Waals surface area contributed by atoms with Crippen LogP contribution in [0.3, 0.4) is 0 Å². The van der Waals surface area contributed by atoms with E-state index in [0.29, 0.717) is 37.8 Å². The fourth-order valence-corrected chi connectivity index (χ4v) is 2.85. The lowest BCUT2D eigenvalue weighted by molar-refractivity contribution is -0.0736. The normalized spacial score (nSPS) is 19.7. The largest absolute Gasteiger partial charge is 0.379 e. The van der Waals surface area contributed by atoms with Crippen molar-refractivity contribution in [2.75, 3.05) is 18.5 Å². The monoisotopic (exact) mass is 370 g/mol. The number of ether oxygens (including phenoxy) is 2. The van der Waals surface area contributed by atoms with E-state index in [1.54, 1.807) is 0 Å². The van der Waals surface area contributed by atoms with E-state index in [2.05, 4.69) is 20.6 Å². The van der Waals surface area contributed by atoms with Crippen molar-refractivity contribution in [1.82, 2.24) is 15.3 Å². The summed E-state index contributed by atoms with van der Waals surface area (Å²) in [4.78, 5) is 20.9. The second-order valence-electron chi connectivity index (χ2n) is 6.87. The van der Waals surface area contributed by atoms with Gasteiger partial charge in [0, 0.05) is 25.0 Å². The van der Waals surface area contributed by atoms with E-state index in [1.165, 1.54) is 12.4 Å². The van der Waals surface area contributed by atoms with E-state index in [0.717, 1.165) is 5.56 Å². The number of amides is 1. The first-order chi connectivity index (χ1) is 13.1. The van der Waals surface area contributed by atoms with E-state index >= 15 is 0 Å². The van der Waals surface area contributed by atoms with Gasteiger partial charge in [0.2, 0.25) is 5.95 Å². The number of hydrogen-bond acceptors (Lipinski definition) is 6. The second-order valence-corrected chi connectivity index (χ2v) is 6.87. The molecule has 2 heterocycles. The number of rotatable bonds is 7. The van der Waals surface area contributed by atoms with E-state index < -0.39 is 0 Å². The molecule has 3 rings (SSSR count). The van der Waals surface area contributed by atoms with Crippen LogP contribution in [-0.4, -0.2) is 47.3 Å². The van der Waals surface area contributed by atoms with Crippen LogP contribution in [0.5, 0.6) is 0 Å². The van der Waals surface area contributed by atoms with Gasteiger partial charge in [-0.3, -0.25) is 4.79 Å². The average molecular weight is 370 g/mol. The lowest BCUT2D eigenvalue weighted by Crippen LogP contribution is -2.50.